The van der Waals surface area contributed by atoms with Crippen LogP contribution in [0.25, 0.3) is 10.9 Å². The lowest BCUT2D eigenvalue weighted by molar-refractivity contribution is 0.125. The van der Waals surface area contributed by atoms with E-state index in [-0.39, 0.29) is 0 Å². The van der Waals surface area contributed by atoms with Crippen molar-refractivity contribution in [2.75, 3.05) is 36.0 Å². The molecule has 1 aliphatic heterocycles. The highest BCUT2D eigenvalue weighted by Gasteiger charge is 2.20. The molecule has 4 rings (SSSR count). The molecule has 3 aromatic rings. The van der Waals surface area contributed by atoms with Crippen molar-refractivity contribution >= 4 is 22.5 Å². The number of aromatic nitrogens is 4. The summed E-state index contributed by atoms with van der Waals surface area (Å²) in [6, 6.07) is 7.31. The molecule has 3 heterocycles. The number of benzene rings is 1. The first kappa shape index (κ1) is 19.2. The number of piperazine rings is 1. The molecule has 1 saturated heterocycles. The largest absolute Gasteiger partial charge is 0.368 e. The molecule has 0 N–H and O–H groups in total. The smallest absolute Gasteiger partial charge is 0.261 e. The minimum atomic E-state index is -2.59. The molecule has 2 aromatic heterocycles. The van der Waals surface area contributed by atoms with Gasteiger partial charge in [0.15, 0.2) is 0 Å². The molecule has 0 radical (unpaired) electrons. The van der Waals surface area contributed by atoms with Gasteiger partial charge in [-0.15, -0.1) is 0 Å². The zero-order valence-electron chi connectivity index (χ0n) is 16.3. The second-order valence-electron chi connectivity index (χ2n) is 7.22. The van der Waals surface area contributed by atoms with E-state index in [1.54, 1.807) is 6.07 Å². The van der Waals surface area contributed by atoms with Gasteiger partial charge in [-0.05, 0) is 38.1 Å². The molecule has 0 unspecified atom stereocenters. The number of anilines is 2. The number of rotatable bonds is 4. The normalized spacial score (nSPS) is 14.8. The minimum Gasteiger partial charge on any atom is -0.368 e. The van der Waals surface area contributed by atoms with Gasteiger partial charge in [0, 0.05) is 43.3 Å². The Kier molecular flexibility index (Phi) is 5.12. The summed E-state index contributed by atoms with van der Waals surface area (Å²) in [7, 11) is 0. The summed E-state index contributed by atoms with van der Waals surface area (Å²) in [6.07, 6.45) is -1.40. The number of hydrogen-bond acceptors (Lipinski definition) is 6. The van der Waals surface area contributed by atoms with Gasteiger partial charge < -0.3 is 9.80 Å². The molecule has 1 aliphatic rings. The maximum atomic E-state index is 12.6. The van der Waals surface area contributed by atoms with Crippen LogP contribution in [0.5, 0.6) is 0 Å². The number of halogens is 2. The number of alkyl halides is 2. The average molecular weight is 400 g/mol. The second-order valence-corrected chi connectivity index (χ2v) is 7.22. The third-order valence-electron chi connectivity index (χ3n) is 5.04. The van der Waals surface area contributed by atoms with Crippen LogP contribution in [0.15, 0.2) is 35.4 Å². The molecule has 152 valence electrons. The second kappa shape index (κ2) is 7.73. The molecule has 1 fully saturated rings. The summed E-state index contributed by atoms with van der Waals surface area (Å²) >= 11 is 0. The minimum absolute atomic E-state index is 0.346. The molecular weight excluding hydrogens is 378 g/mol. The van der Waals surface area contributed by atoms with E-state index in [2.05, 4.69) is 24.8 Å². The van der Waals surface area contributed by atoms with Crippen LogP contribution in [0.3, 0.4) is 0 Å². The molecule has 0 amide bonds. The standard InChI is InChI=1S/C20H22F2N6O/c1-13-9-14(2)25-20(24-13)27-7-5-26(6-8-27)15-3-4-16-17(10-15)23-12-28(19(16)29)11-18(21)22/h3-4,9-10,12,18H,5-8,11H2,1-2H3. The van der Waals surface area contributed by atoms with Crippen molar-refractivity contribution in [3.8, 4) is 0 Å². The highest BCUT2D eigenvalue weighted by Crippen LogP contribution is 2.22. The number of aryl methyl sites for hydroxylation is 2. The van der Waals surface area contributed by atoms with Gasteiger partial charge in [0.05, 0.1) is 23.8 Å². The van der Waals surface area contributed by atoms with Gasteiger partial charge in [-0.3, -0.25) is 9.36 Å². The van der Waals surface area contributed by atoms with E-state index in [1.807, 2.05) is 32.0 Å². The van der Waals surface area contributed by atoms with Crippen LogP contribution in [0.2, 0.25) is 0 Å². The van der Waals surface area contributed by atoms with E-state index in [1.165, 1.54) is 6.33 Å². The van der Waals surface area contributed by atoms with Gasteiger partial charge in [0.1, 0.15) is 0 Å². The van der Waals surface area contributed by atoms with Crippen molar-refractivity contribution < 1.29 is 8.78 Å². The van der Waals surface area contributed by atoms with E-state index >= 15 is 0 Å². The maximum absolute atomic E-state index is 12.6. The molecule has 7 nitrogen and oxygen atoms in total. The van der Waals surface area contributed by atoms with Gasteiger partial charge in [0.25, 0.3) is 12.0 Å². The van der Waals surface area contributed by atoms with Gasteiger partial charge in [-0.2, -0.15) is 0 Å². The van der Waals surface area contributed by atoms with Crippen molar-refractivity contribution in [1.29, 1.82) is 0 Å². The molecule has 1 aromatic carbocycles. The van der Waals surface area contributed by atoms with Crippen LogP contribution in [0.4, 0.5) is 20.4 Å². The zero-order valence-corrected chi connectivity index (χ0v) is 16.3. The number of nitrogens with zero attached hydrogens (tertiary/aromatic N) is 6. The van der Waals surface area contributed by atoms with Crippen molar-refractivity contribution in [2.45, 2.75) is 26.8 Å². The fraction of sp³-hybridized carbons (Fsp3) is 0.400. The van der Waals surface area contributed by atoms with Crippen LogP contribution < -0.4 is 15.4 Å². The highest BCUT2D eigenvalue weighted by molar-refractivity contribution is 5.81. The van der Waals surface area contributed by atoms with Gasteiger partial charge in [-0.25, -0.2) is 23.7 Å². The number of fused-ring (bicyclic) bond motifs is 1. The van der Waals surface area contributed by atoms with E-state index in [9.17, 15) is 13.6 Å². The molecule has 0 aliphatic carbocycles. The molecule has 0 spiro atoms. The Morgan fingerprint density at radius 2 is 1.66 bits per heavy atom. The predicted molar refractivity (Wildman–Crippen MR) is 108 cm³/mol. The maximum Gasteiger partial charge on any atom is 0.261 e. The van der Waals surface area contributed by atoms with Crippen molar-refractivity contribution in [2.24, 2.45) is 0 Å². The molecular formula is C20H22F2N6O. The Morgan fingerprint density at radius 1 is 1.00 bits per heavy atom. The predicted octanol–water partition coefficient (Wildman–Crippen LogP) is 2.40. The summed E-state index contributed by atoms with van der Waals surface area (Å²) in [5.74, 6) is 0.752. The number of hydrogen-bond donors (Lipinski definition) is 0. The fourth-order valence-electron chi connectivity index (χ4n) is 3.64. The third kappa shape index (κ3) is 4.03. The quantitative estimate of drug-likeness (QED) is 0.670. The van der Waals surface area contributed by atoms with Gasteiger partial charge in [-0.1, -0.05) is 0 Å². The van der Waals surface area contributed by atoms with E-state index in [4.69, 9.17) is 0 Å². The van der Waals surface area contributed by atoms with E-state index < -0.39 is 18.5 Å². The first-order chi connectivity index (χ1) is 13.9. The molecule has 29 heavy (non-hydrogen) atoms. The average Bonchev–Trinajstić information content (AvgIpc) is 2.69. The van der Waals surface area contributed by atoms with Crippen LogP contribution in [0, 0.1) is 13.8 Å². The molecule has 0 bridgehead atoms. The lowest BCUT2D eigenvalue weighted by atomic mass is 10.2. The first-order valence-corrected chi connectivity index (χ1v) is 9.50. The van der Waals surface area contributed by atoms with E-state index in [0.29, 0.717) is 10.9 Å². The summed E-state index contributed by atoms with van der Waals surface area (Å²) in [5.41, 5.74) is 2.93. The highest BCUT2D eigenvalue weighted by atomic mass is 19.3. The Hall–Kier alpha value is -3.10. The van der Waals surface area contributed by atoms with Crippen molar-refractivity contribution in [1.82, 2.24) is 19.5 Å². The van der Waals surface area contributed by atoms with Crippen LogP contribution in [-0.2, 0) is 6.54 Å². The SMILES string of the molecule is Cc1cc(C)nc(N2CCN(c3ccc4c(=O)n(CC(F)F)cnc4c3)CC2)n1. The summed E-state index contributed by atoms with van der Waals surface area (Å²) < 4.78 is 26.2. The molecule has 0 atom stereocenters. The lowest BCUT2D eigenvalue weighted by Crippen LogP contribution is -2.47. The first-order valence-electron chi connectivity index (χ1n) is 9.50. The topological polar surface area (TPSA) is 67.2 Å². The van der Waals surface area contributed by atoms with E-state index in [0.717, 1.165) is 53.8 Å². The summed E-state index contributed by atoms with van der Waals surface area (Å²) in [5, 5.41) is 0.346. The Morgan fingerprint density at radius 3 is 2.31 bits per heavy atom. The monoisotopic (exact) mass is 400 g/mol. The van der Waals surface area contributed by atoms with Crippen molar-refractivity contribution in [3.63, 3.8) is 0 Å². The fourth-order valence-corrected chi connectivity index (χ4v) is 3.64. The van der Waals surface area contributed by atoms with Crippen LogP contribution in [-0.4, -0.2) is 52.1 Å². The van der Waals surface area contributed by atoms with Crippen molar-refractivity contribution in [3.05, 3.63) is 52.3 Å². The van der Waals surface area contributed by atoms with Gasteiger partial charge >= 0.3 is 0 Å². The van der Waals surface area contributed by atoms with Gasteiger partial charge in [0.2, 0.25) is 5.95 Å². The Bertz CT molecular complexity index is 1070. The molecule has 0 saturated carbocycles. The van der Waals surface area contributed by atoms with Crippen LogP contribution >= 0.6 is 0 Å². The summed E-state index contributed by atoms with van der Waals surface area (Å²) in [4.78, 5) is 30.0. The third-order valence-corrected chi connectivity index (χ3v) is 5.04. The van der Waals surface area contributed by atoms with Crippen LogP contribution in [0.1, 0.15) is 11.4 Å². The Labute approximate surface area is 166 Å². The molecule has 9 heteroatoms. The summed E-state index contributed by atoms with van der Waals surface area (Å²) in [6.45, 7) is 6.41. The Balaban J connectivity index is 1.51. The zero-order chi connectivity index (χ0) is 20.5. The lowest BCUT2D eigenvalue weighted by Gasteiger charge is -2.36.